The molecule has 0 radical (unpaired) electrons. The van der Waals surface area contributed by atoms with Gasteiger partial charge in [-0.3, -0.25) is 9.78 Å². The van der Waals surface area contributed by atoms with E-state index >= 15 is 0 Å². The number of carbonyl (C=O) groups excluding carboxylic acids is 1. The number of carbonyl (C=O) groups is 1. The molecule has 0 spiro atoms. The Hall–Kier alpha value is -3.86. The maximum absolute atomic E-state index is 12.9. The lowest BCUT2D eigenvalue weighted by molar-refractivity contribution is 0.0956. The molecule has 4 aromatic rings. The Morgan fingerprint density at radius 3 is 2.57 bits per heavy atom. The summed E-state index contributed by atoms with van der Waals surface area (Å²) >= 11 is 0. The van der Waals surface area contributed by atoms with Crippen molar-refractivity contribution in [3.63, 3.8) is 0 Å². The lowest BCUT2D eigenvalue weighted by Gasteiger charge is -2.09. The highest BCUT2D eigenvalue weighted by Gasteiger charge is 2.13. The molecule has 0 aliphatic heterocycles. The summed E-state index contributed by atoms with van der Waals surface area (Å²) in [6.07, 6.45) is 7.11. The molecule has 0 aliphatic carbocycles. The van der Waals surface area contributed by atoms with E-state index in [1.54, 1.807) is 18.6 Å². The topological polar surface area (TPSA) is 67.2 Å². The first kappa shape index (κ1) is 19.5. The summed E-state index contributed by atoms with van der Waals surface area (Å²) < 4.78 is 0. The van der Waals surface area contributed by atoms with Crippen LogP contribution in [0.15, 0.2) is 84.2 Å². The predicted molar refractivity (Wildman–Crippen MR) is 120 cm³/mol. The molecule has 2 heterocycles. The lowest BCUT2D eigenvalue weighted by Crippen LogP contribution is -2.18. The van der Waals surface area contributed by atoms with Gasteiger partial charge in [-0.25, -0.2) is 10.4 Å². The average molecular weight is 394 g/mol. The fourth-order valence-electron chi connectivity index (χ4n) is 3.32. The van der Waals surface area contributed by atoms with Crippen molar-refractivity contribution < 1.29 is 4.79 Å². The van der Waals surface area contributed by atoms with Crippen LogP contribution >= 0.6 is 0 Å². The van der Waals surface area contributed by atoms with E-state index < -0.39 is 0 Å². The van der Waals surface area contributed by atoms with Crippen molar-refractivity contribution in [2.45, 2.75) is 19.8 Å². The van der Waals surface area contributed by atoms with Crippen LogP contribution in [0.3, 0.4) is 0 Å². The normalized spacial score (nSPS) is 11.1. The number of fused-ring (bicyclic) bond motifs is 1. The number of nitrogens with zero attached hydrogens (tertiary/aromatic N) is 3. The number of aryl methyl sites for hydroxylation is 1. The van der Waals surface area contributed by atoms with Crippen molar-refractivity contribution in [2.24, 2.45) is 5.10 Å². The minimum atomic E-state index is -0.275. The van der Waals surface area contributed by atoms with E-state index in [4.69, 9.17) is 4.98 Å². The largest absolute Gasteiger partial charge is 0.272 e. The molecule has 1 N–H and O–H groups in total. The van der Waals surface area contributed by atoms with E-state index in [0.29, 0.717) is 5.56 Å². The number of benzene rings is 2. The fraction of sp³-hybridized carbons (Fsp3) is 0.120. The number of aromatic nitrogens is 2. The molecule has 0 unspecified atom stereocenters. The van der Waals surface area contributed by atoms with Crippen molar-refractivity contribution in [2.75, 3.05) is 0 Å². The molecular weight excluding hydrogens is 372 g/mol. The van der Waals surface area contributed by atoms with Gasteiger partial charge in [-0.15, -0.1) is 0 Å². The van der Waals surface area contributed by atoms with E-state index in [0.717, 1.165) is 40.6 Å². The van der Waals surface area contributed by atoms with E-state index in [1.165, 1.54) is 5.56 Å². The first-order valence-corrected chi connectivity index (χ1v) is 9.97. The summed E-state index contributed by atoms with van der Waals surface area (Å²) in [6.45, 7) is 2.17. The molecule has 5 heteroatoms. The summed E-state index contributed by atoms with van der Waals surface area (Å²) in [5.74, 6) is -0.275. The zero-order valence-electron chi connectivity index (χ0n) is 16.7. The first-order chi connectivity index (χ1) is 14.7. The third-order valence-electron chi connectivity index (χ3n) is 4.84. The smallest absolute Gasteiger partial charge is 0.267 e. The Balaban J connectivity index is 1.66. The molecule has 0 fully saturated rings. The number of hydrogen-bond acceptors (Lipinski definition) is 4. The van der Waals surface area contributed by atoms with Gasteiger partial charge in [0.25, 0.3) is 5.91 Å². The molecule has 0 saturated carbocycles. The summed E-state index contributed by atoms with van der Waals surface area (Å²) in [4.78, 5) is 21.6. The van der Waals surface area contributed by atoms with Gasteiger partial charge < -0.3 is 0 Å². The number of rotatable bonds is 6. The molecule has 2 aromatic heterocycles. The standard InChI is InChI=1S/C25H22N4O/c1-2-5-18-8-10-20(11-9-18)24-16-22(21-6-3-4-7-23(21)28-24)25(30)29-27-17-19-12-14-26-15-13-19/h3-4,6-17H,2,5H2,1H3,(H,29,30)/b27-17-. The van der Waals surface area contributed by atoms with Crippen LogP contribution in [0, 0.1) is 0 Å². The minimum Gasteiger partial charge on any atom is -0.267 e. The second-order valence-corrected chi connectivity index (χ2v) is 7.00. The molecule has 1 amide bonds. The highest BCUT2D eigenvalue weighted by atomic mass is 16.2. The van der Waals surface area contributed by atoms with Gasteiger partial charge in [-0.05, 0) is 41.8 Å². The number of hydrogen-bond donors (Lipinski definition) is 1. The van der Waals surface area contributed by atoms with Gasteiger partial charge in [-0.1, -0.05) is 55.8 Å². The van der Waals surface area contributed by atoms with Crippen LogP contribution < -0.4 is 5.43 Å². The van der Waals surface area contributed by atoms with Gasteiger partial charge in [0.05, 0.1) is 23.0 Å². The molecule has 5 nitrogen and oxygen atoms in total. The minimum absolute atomic E-state index is 0.275. The Bertz CT molecular complexity index is 1180. The SMILES string of the molecule is CCCc1ccc(-c2cc(C(=O)N/N=C\c3ccncc3)c3ccccc3n2)cc1. The van der Waals surface area contributed by atoms with E-state index in [1.807, 2.05) is 42.5 Å². The fourth-order valence-corrected chi connectivity index (χ4v) is 3.32. The monoisotopic (exact) mass is 394 g/mol. The van der Waals surface area contributed by atoms with Crippen LogP contribution in [0.4, 0.5) is 0 Å². The molecule has 0 saturated heterocycles. The summed E-state index contributed by atoms with van der Waals surface area (Å²) in [7, 11) is 0. The maximum Gasteiger partial charge on any atom is 0.272 e. The number of pyridine rings is 2. The molecule has 148 valence electrons. The van der Waals surface area contributed by atoms with Crippen molar-refractivity contribution in [1.29, 1.82) is 0 Å². The third-order valence-corrected chi connectivity index (χ3v) is 4.84. The Labute approximate surface area is 175 Å². The molecule has 0 aliphatic rings. The predicted octanol–water partition coefficient (Wildman–Crippen LogP) is 5.01. The Kier molecular flexibility index (Phi) is 5.90. The van der Waals surface area contributed by atoms with Crippen LogP contribution in [0.2, 0.25) is 0 Å². The number of hydrazone groups is 1. The van der Waals surface area contributed by atoms with E-state index in [2.05, 4.69) is 46.7 Å². The second kappa shape index (κ2) is 9.09. The summed E-state index contributed by atoms with van der Waals surface area (Å²) in [6, 6.07) is 21.5. The van der Waals surface area contributed by atoms with Gasteiger partial charge in [0.15, 0.2) is 0 Å². The highest BCUT2D eigenvalue weighted by molar-refractivity contribution is 6.07. The van der Waals surface area contributed by atoms with E-state index in [-0.39, 0.29) is 5.91 Å². The Morgan fingerprint density at radius 2 is 1.80 bits per heavy atom. The van der Waals surface area contributed by atoms with Gasteiger partial charge in [0.2, 0.25) is 0 Å². The van der Waals surface area contributed by atoms with Gasteiger partial charge >= 0.3 is 0 Å². The van der Waals surface area contributed by atoms with Crippen molar-refractivity contribution in [3.05, 3.63) is 95.8 Å². The van der Waals surface area contributed by atoms with Gasteiger partial charge in [0.1, 0.15) is 0 Å². The lowest BCUT2D eigenvalue weighted by atomic mass is 10.0. The van der Waals surface area contributed by atoms with Crippen LogP contribution in [0.1, 0.15) is 34.8 Å². The van der Waals surface area contributed by atoms with Crippen LogP contribution in [-0.2, 0) is 6.42 Å². The van der Waals surface area contributed by atoms with Crippen molar-refractivity contribution in [1.82, 2.24) is 15.4 Å². The maximum atomic E-state index is 12.9. The van der Waals surface area contributed by atoms with Crippen LogP contribution in [0.5, 0.6) is 0 Å². The first-order valence-electron chi connectivity index (χ1n) is 9.97. The number of nitrogens with one attached hydrogen (secondary N) is 1. The molecule has 0 bridgehead atoms. The molecule has 30 heavy (non-hydrogen) atoms. The Morgan fingerprint density at radius 1 is 1.03 bits per heavy atom. The van der Waals surface area contributed by atoms with Gasteiger partial charge in [0, 0.05) is 23.3 Å². The zero-order valence-corrected chi connectivity index (χ0v) is 16.7. The van der Waals surface area contributed by atoms with Crippen molar-refractivity contribution in [3.8, 4) is 11.3 Å². The molecule has 0 atom stereocenters. The van der Waals surface area contributed by atoms with Crippen LogP contribution in [0.25, 0.3) is 22.2 Å². The van der Waals surface area contributed by atoms with Crippen LogP contribution in [-0.4, -0.2) is 22.1 Å². The third kappa shape index (κ3) is 4.41. The van der Waals surface area contributed by atoms with Gasteiger partial charge in [-0.2, -0.15) is 5.10 Å². The number of para-hydroxylation sites is 1. The molecule has 2 aromatic carbocycles. The summed E-state index contributed by atoms with van der Waals surface area (Å²) in [5, 5.41) is 4.88. The number of amides is 1. The van der Waals surface area contributed by atoms with E-state index in [9.17, 15) is 4.79 Å². The van der Waals surface area contributed by atoms with Crippen molar-refractivity contribution >= 4 is 23.0 Å². The summed E-state index contributed by atoms with van der Waals surface area (Å²) in [5.41, 5.74) is 7.84. The highest BCUT2D eigenvalue weighted by Crippen LogP contribution is 2.25. The molecular formula is C25H22N4O. The zero-order chi connectivity index (χ0) is 20.8. The second-order valence-electron chi connectivity index (χ2n) is 7.00. The quantitative estimate of drug-likeness (QED) is 0.369. The average Bonchev–Trinajstić information content (AvgIpc) is 2.80. The molecule has 4 rings (SSSR count).